The van der Waals surface area contributed by atoms with E-state index in [1.165, 1.54) is 18.2 Å². The molecule has 0 aliphatic carbocycles. The van der Waals surface area contributed by atoms with Gasteiger partial charge in [0.05, 0.1) is 18.3 Å². The van der Waals surface area contributed by atoms with E-state index in [9.17, 15) is 9.18 Å². The van der Waals surface area contributed by atoms with Gasteiger partial charge in [-0.25, -0.2) is 4.39 Å². The Labute approximate surface area is 110 Å². The zero-order valence-corrected chi connectivity index (χ0v) is 10.5. The van der Waals surface area contributed by atoms with Gasteiger partial charge in [0, 0.05) is 12.7 Å². The number of halogens is 1. The van der Waals surface area contributed by atoms with Gasteiger partial charge in [0.1, 0.15) is 18.2 Å². The fraction of sp³-hybridized carbons (Fsp3) is 0.462. The van der Waals surface area contributed by atoms with Gasteiger partial charge in [-0.15, -0.1) is 0 Å². The Bertz CT molecular complexity index is 448. The zero-order chi connectivity index (χ0) is 13.7. The molecular formula is C13H17FN2O3. The van der Waals surface area contributed by atoms with Gasteiger partial charge in [-0.2, -0.15) is 0 Å². The summed E-state index contributed by atoms with van der Waals surface area (Å²) in [6, 6.07) is 3.97. The van der Waals surface area contributed by atoms with Crippen molar-refractivity contribution < 1.29 is 18.7 Å². The molecule has 1 atom stereocenters. The number of nitrogens with one attached hydrogen (secondary N) is 1. The quantitative estimate of drug-likeness (QED) is 0.843. The van der Waals surface area contributed by atoms with E-state index in [1.54, 1.807) is 0 Å². The third-order valence-corrected chi connectivity index (χ3v) is 2.85. The van der Waals surface area contributed by atoms with Crippen molar-refractivity contribution in [2.75, 3.05) is 25.1 Å². The topological polar surface area (TPSA) is 73.6 Å². The summed E-state index contributed by atoms with van der Waals surface area (Å²) in [4.78, 5) is 11.3. The fourth-order valence-electron chi connectivity index (χ4n) is 1.89. The van der Waals surface area contributed by atoms with Crippen molar-refractivity contribution in [1.82, 2.24) is 0 Å². The van der Waals surface area contributed by atoms with Gasteiger partial charge in [-0.1, -0.05) is 0 Å². The molecule has 0 bridgehead atoms. The summed E-state index contributed by atoms with van der Waals surface area (Å²) in [7, 11) is 0. The zero-order valence-electron chi connectivity index (χ0n) is 10.5. The van der Waals surface area contributed by atoms with Crippen LogP contribution in [0.3, 0.4) is 0 Å². The first kappa shape index (κ1) is 13.8. The largest absolute Gasteiger partial charge is 0.489 e. The van der Waals surface area contributed by atoms with Crippen LogP contribution in [0.25, 0.3) is 0 Å². The molecule has 1 unspecified atom stereocenters. The second-order valence-corrected chi connectivity index (χ2v) is 4.34. The average Bonchev–Trinajstić information content (AvgIpc) is 2.91. The van der Waals surface area contributed by atoms with Crippen LogP contribution in [0.1, 0.15) is 12.8 Å². The standard InChI is InChI=1S/C13H17FN2O3/c14-9-3-4-12(11(6-9)16-13(17)7-15)19-8-10-2-1-5-18-10/h3-4,6,10H,1-2,5,7-8,15H2,(H,16,17). The molecule has 0 spiro atoms. The molecule has 0 radical (unpaired) electrons. The van der Waals surface area contributed by atoms with E-state index < -0.39 is 11.7 Å². The van der Waals surface area contributed by atoms with E-state index in [1.807, 2.05) is 0 Å². The van der Waals surface area contributed by atoms with Crippen molar-refractivity contribution in [3.8, 4) is 5.75 Å². The Morgan fingerprint density at radius 3 is 3.11 bits per heavy atom. The van der Waals surface area contributed by atoms with Gasteiger partial charge in [-0.3, -0.25) is 4.79 Å². The molecule has 0 aromatic heterocycles. The van der Waals surface area contributed by atoms with Crippen LogP contribution in [0.5, 0.6) is 5.75 Å². The average molecular weight is 268 g/mol. The highest BCUT2D eigenvalue weighted by Crippen LogP contribution is 2.26. The summed E-state index contributed by atoms with van der Waals surface area (Å²) in [5.41, 5.74) is 5.50. The summed E-state index contributed by atoms with van der Waals surface area (Å²) < 4.78 is 24.2. The molecule has 1 aliphatic heterocycles. The number of rotatable bonds is 5. The minimum atomic E-state index is -0.447. The molecule has 1 amide bonds. The van der Waals surface area contributed by atoms with Crippen LogP contribution in [-0.4, -0.2) is 31.8 Å². The molecule has 2 rings (SSSR count). The minimum Gasteiger partial charge on any atom is -0.489 e. The van der Waals surface area contributed by atoms with Crippen molar-refractivity contribution in [3.63, 3.8) is 0 Å². The van der Waals surface area contributed by atoms with Crippen molar-refractivity contribution in [1.29, 1.82) is 0 Å². The SMILES string of the molecule is NCC(=O)Nc1cc(F)ccc1OCC1CCCO1. The molecule has 1 saturated heterocycles. The first-order valence-electron chi connectivity index (χ1n) is 6.23. The highest BCUT2D eigenvalue weighted by atomic mass is 19.1. The van der Waals surface area contributed by atoms with E-state index >= 15 is 0 Å². The molecule has 1 aliphatic rings. The molecular weight excluding hydrogens is 251 g/mol. The molecule has 104 valence electrons. The summed E-state index contributed by atoms with van der Waals surface area (Å²) >= 11 is 0. The first-order chi connectivity index (χ1) is 9.19. The number of benzene rings is 1. The van der Waals surface area contributed by atoms with E-state index in [4.69, 9.17) is 15.2 Å². The van der Waals surface area contributed by atoms with Crippen molar-refractivity contribution in [2.45, 2.75) is 18.9 Å². The number of hydrogen-bond donors (Lipinski definition) is 2. The maximum absolute atomic E-state index is 13.2. The molecule has 0 saturated carbocycles. The lowest BCUT2D eigenvalue weighted by Crippen LogP contribution is -2.23. The van der Waals surface area contributed by atoms with Gasteiger partial charge >= 0.3 is 0 Å². The van der Waals surface area contributed by atoms with E-state index in [0.29, 0.717) is 12.4 Å². The number of amides is 1. The van der Waals surface area contributed by atoms with Crippen LogP contribution in [0, 0.1) is 5.82 Å². The van der Waals surface area contributed by atoms with Crippen molar-refractivity contribution in [3.05, 3.63) is 24.0 Å². The summed E-state index contributed by atoms with van der Waals surface area (Å²) in [6.07, 6.45) is 2.03. The van der Waals surface area contributed by atoms with Gasteiger partial charge in [-0.05, 0) is 25.0 Å². The van der Waals surface area contributed by atoms with Crippen LogP contribution in [0.4, 0.5) is 10.1 Å². The number of anilines is 1. The molecule has 1 aromatic rings. The lowest BCUT2D eigenvalue weighted by Gasteiger charge is -2.15. The maximum Gasteiger partial charge on any atom is 0.238 e. The number of hydrogen-bond acceptors (Lipinski definition) is 4. The maximum atomic E-state index is 13.2. The lowest BCUT2D eigenvalue weighted by molar-refractivity contribution is -0.114. The normalized spacial score (nSPS) is 18.3. The van der Waals surface area contributed by atoms with Crippen LogP contribution >= 0.6 is 0 Å². The predicted octanol–water partition coefficient (Wildman–Crippen LogP) is 1.28. The third-order valence-electron chi connectivity index (χ3n) is 2.85. The van der Waals surface area contributed by atoms with Gasteiger partial charge in [0.15, 0.2) is 0 Å². The Kier molecular flexibility index (Phi) is 4.70. The number of carbonyl (C=O) groups excluding carboxylic acids is 1. The van der Waals surface area contributed by atoms with Crippen molar-refractivity contribution in [2.24, 2.45) is 5.73 Å². The number of carbonyl (C=O) groups is 1. The molecule has 5 nitrogen and oxygen atoms in total. The van der Waals surface area contributed by atoms with Gasteiger partial charge in [0.25, 0.3) is 0 Å². The second kappa shape index (κ2) is 6.49. The molecule has 1 heterocycles. The molecule has 19 heavy (non-hydrogen) atoms. The Hall–Kier alpha value is -1.66. The minimum absolute atomic E-state index is 0.0584. The van der Waals surface area contributed by atoms with Crippen LogP contribution in [0.15, 0.2) is 18.2 Å². The smallest absolute Gasteiger partial charge is 0.238 e. The van der Waals surface area contributed by atoms with Crippen LogP contribution < -0.4 is 15.8 Å². The molecule has 3 N–H and O–H groups in total. The number of nitrogens with two attached hydrogens (primary N) is 1. The fourth-order valence-corrected chi connectivity index (χ4v) is 1.89. The predicted molar refractivity (Wildman–Crippen MR) is 68.6 cm³/mol. The lowest BCUT2D eigenvalue weighted by atomic mass is 10.2. The monoisotopic (exact) mass is 268 g/mol. The Balaban J connectivity index is 2.02. The second-order valence-electron chi connectivity index (χ2n) is 4.34. The van der Waals surface area contributed by atoms with Gasteiger partial charge in [0.2, 0.25) is 5.91 Å². The molecule has 1 aromatic carbocycles. The first-order valence-corrected chi connectivity index (χ1v) is 6.23. The van der Waals surface area contributed by atoms with Crippen molar-refractivity contribution >= 4 is 11.6 Å². The van der Waals surface area contributed by atoms with E-state index in [-0.39, 0.29) is 18.3 Å². The summed E-state index contributed by atoms with van der Waals surface area (Å²) in [5, 5.41) is 2.51. The Morgan fingerprint density at radius 2 is 2.42 bits per heavy atom. The summed E-state index contributed by atoms with van der Waals surface area (Å²) in [6.45, 7) is 0.965. The van der Waals surface area contributed by atoms with E-state index in [2.05, 4.69) is 5.32 Å². The Morgan fingerprint density at radius 1 is 1.58 bits per heavy atom. The van der Waals surface area contributed by atoms with Crippen LogP contribution in [-0.2, 0) is 9.53 Å². The third kappa shape index (κ3) is 3.90. The van der Waals surface area contributed by atoms with Crippen LogP contribution in [0.2, 0.25) is 0 Å². The molecule has 1 fully saturated rings. The summed E-state index contributed by atoms with van der Waals surface area (Å²) in [5.74, 6) is -0.428. The molecule has 6 heteroatoms. The van der Waals surface area contributed by atoms with Gasteiger partial charge < -0.3 is 20.5 Å². The number of ether oxygens (including phenoxy) is 2. The highest BCUT2D eigenvalue weighted by molar-refractivity contribution is 5.93. The highest BCUT2D eigenvalue weighted by Gasteiger charge is 2.17. The van der Waals surface area contributed by atoms with E-state index in [0.717, 1.165) is 19.4 Å².